The number of aromatic nitrogens is 5. The van der Waals surface area contributed by atoms with Crippen LogP contribution in [0, 0.1) is 0 Å². The van der Waals surface area contributed by atoms with Gasteiger partial charge in [-0.1, -0.05) is 53.9 Å². The third-order valence-electron chi connectivity index (χ3n) is 5.98. The van der Waals surface area contributed by atoms with Crippen molar-refractivity contribution in [3.63, 3.8) is 0 Å². The number of H-pyrrole nitrogens is 1. The molecule has 204 valence electrons. The lowest BCUT2D eigenvalue weighted by molar-refractivity contribution is 0.262. The Kier molecular flexibility index (Phi) is 7.92. The van der Waals surface area contributed by atoms with Crippen LogP contribution in [0.4, 0.5) is 16.3 Å². The maximum atomic E-state index is 13.2. The third-order valence-corrected chi connectivity index (χ3v) is 6.77. The Morgan fingerprint density at radius 1 is 1.07 bits per heavy atom. The molecule has 2 aromatic carbocycles. The summed E-state index contributed by atoms with van der Waals surface area (Å²) in [5, 5.41) is 11.3. The summed E-state index contributed by atoms with van der Waals surface area (Å²) in [4.78, 5) is 37.2. The molecule has 3 N–H and O–H groups in total. The summed E-state index contributed by atoms with van der Waals surface area (Å²) < 4.78 is 6.97. The van der Waals surface area contributed by atoms with E-state index in [9.17, 15) is 9.59 Å². The van der Waals surface area contributed by atoms with E-state index in [1.807, 2.05) is 6.92 Å². The van der Waals surface area contributed by atoms with Crippen LogP contribution in [0.5, 0.6) is 5.75 Å². The number of aryl methyl sites for hydroxylation is 1. The molecular formula is C27H22Cl3N7O3. The number of aromatic amines is 1. The molecule has 13 heteroatoms. The number of anilines is 2. The van der Waals surface area contributed by atoms with E-state index in [4.69, 9.17) is 44.5 Å². The van der Waals surface area contributed by atoms with Gasteiger partial charge in [-0.05, 0) is 48.4 Å². The summed E-state index contributed by atoms with van der Waals surface area (Å²) in [6, 6.07) is 13.1. The van der Waals surface area contributed by atoms with Crippen molar-refractivity contribution in [3.8, 4) is 11.4 Å². The molecule has 0 aliphatic carbocycles. The highest BCUT2D eigenvalue weighted by Crippen LogP contribution is 2.34. The van der Waals surface area contributed by atoms with Gasteiger partial charge in [-0.2, -0.15) is 5.10 Å². The van der Waals surface area contributed by atoms with Crippen LogP contribution >= 0.6 is 34.8 Å². The number of nitrogens with one attached hydrogen (secondary N) is 3. The van der Waals surface area contributed by atoms with Crippen LogP contribution in [0.3, 0.4) is 0 Å². The van der Waals surface area contributed by atoms with Gasteiger partial charge in [0.05, 0.1) is 28.5 Å². The van der Waals surface area contributed by atoms with Crippen LogP contribution < -0.4 is 20.9 Å². The Bertz CT molecular complexity index is 1770. The van der Waals surface area contributed by atoms with E-state index in [1.54, 1.807) is 54.7 Å². The normalized spacial score (nSPS) is 11.0. The van der Waals surface area contributed by atoms with E-state index in [0.717, 1.165) is 5.56 Å². The van der Waals surface area contributed by atoms with Gasteiger partial charge < -0.3 is 15.0 Å². The first-order valence-electron chi connectivity index (χ1n) is 12.1. The van der Waals surface area contributed by atoms with Crippen LogP contribution in [-0.2, 0) is 12.8 Å². The van der Waals surface area contributed by atoms with Gasteiger partial charge in [0.15, 0.2) is 5.65 Å². The lowest BCUT2D eigenvalue weighted by atomic mass is 10.1. The number of carbonyl (C=O) groups excluding carboxylic acids is 1. The van der Waals surface area contributed by atoms with E-state index in [-0.39, 0.29) is 22.0 Å². The van der Waals surface area contributed by atoms with Crippen molar-refractivity contribution < 1.29 is 9.53 Å². The SMILES string of the molecule is CCc1nn(-c2c(Cl)cc(Cl)cc2Cl)c2nc(Cc3ccc(NC(=O)Nc4ccccn4)c(OC)c3)[nH]c(=O)c12. The number of nitrogens with zero attached hydrogens (tertiary/aromatic N) is 4. The molecule has 3 heterocycles. The number of hydrogen-bond donors (Lipinski definition) is 3. The number of urea groups is 1. The topological polar surface area (TPSA) is 127 Å². The quantitative estimate of drug-likeness (QED) is 0.203. The van der Waals surface area contributed by atoms with Gasteiger partial charge in [0, 0.05) is 17.6 Å². The van der Waals surface area contributed by atoms with Gasteiger partial charge in [-0.15, -0.1) is 0 Å². The van der Waals surface area contributed by atoms with Crippen LogP contribution in [0.2, 0.25) is 15.1 Å². The average Bonchev–Trinajstić information content (AvgIpc) is 3.28. The van der Waals surface area contributed by atoms with Crippen LogP contribution in [0.1, 0.15) is 24.0 Å². The van der Waals surface area contributed by atoms with E-state index in [0.29, 0.717) is 56.9 Å². The zero-order valence-electron chi connectivity index (χ0n) is 21.3. The summed E-state index contributed by atoms with van der Waals surface area (Å²) >= 11 is 19.0. The summed E-state index contributed by atoms with van der Waals surface area (Å²) in [6.45, 7) is 1.89. The monoisotopic (exact) mass is 597 g/mol. The number of fused-ring (bicyclic) bond motifs is 1. The van der Waals surface area contributed by atoms with Crippen molar-refractivity contribution in [2.75, 3.05) is 17.7 Å². The Labute approximate surface area is 243 Å². The molecule has 10 nitrogen and oxygen atoms in total. The third kappa shape index (κ3) is 5.60. The molecule has 0 bridgehead atoms. The van der Waals surface area contributed by atoms with Gasteiger partial charge in [0.2, 0.25) is 0 Å². The highest BCUT2D eigenvalue weighted by Gasteiger charge is 2.21. The highest BCUT2D eigenvalue weighted by molar-refractivity contribution is 6.40. The maximum Gasteiger partial charge on any atom is 0.324 e. The minimum atomic E-state index is -0.472. The second-order valence-electron chi connectivity index (χ2n) is 8.65. The molecule has 0 atom stereocenters. The van der Waals surface area contributed by atoms with Gasteiger partial charge >= 0.3 is 6.03 Å². The zero-order valence-corrected chi connectivity index (χ0v) is 23.5. The molecule has 0 saturated heterocycles. The molecule has 0 aliphatic rings. The number of halogens is 3. The summed E-state index contributed by atoms with van der Waals surface area (Å²) in [5.74, 6) is 1.22. The Morgan fingerprint density at radius 3 is 2.52 bits per heavy atom. The second kappa shape index (κ2) is 11.5. The van der Waals surface area contributed by atoms with Gasteiger partial charge in [-0.25, -0.2) is 19.4 Å². The molecule has 40 heavy (non-hydrogen) atoms. The van der Waals surface area contributed by atoms with E-state index < -0.39 is 6.03 Å². The van der Waals surface area contributed by atoms with E-state index in [1.165, 1.54) is 11.8 Å². The minimum Gasteiger partial charge on any atom is -0.495 e. The fourth-order valence-electron chi connectivity index (χ4n) is 4.21. The molecule has 0 aliphatic heterocycles. The van der Waals surface area contributed by atoms with Crippen molar-refractivity contribution in [1.29, 1.82) is 0 Å². The van der Waals surface area contributed by atoms with Crippen LogP contribution in [-0.4, -0.2) is 37.9 Å². The van der Waals surface area contributed by atoms with Gasteiger partial charge in [-0.3, -0.25) is 10.1 Å². The first kappa shape index (κ1) is 27.4. The fraction of sp³-hybridized carbons (Fsp3) is 0.148. The standard InChI is InChI=1S/C27H22Cl3N7O3/c1-3-18-23-25(37(36-18)24-16(29)12-15(28)13-17(24)30)33-22(34-26(23)38)11-14-7-8-19(20(10-14)40-2)32-27(39)35-21-6-4-5-9-31-21/h4-10,12-13H,3,11H2,1-2H3,(H,33,34,38)(H2,31,32,35,39). The molecular weight excluding hydrogens is 577 g/mol. The molecule has 0 saturated carbocycles. The molecule has 0 unspecified atom stereocenters. The van der Waals surface area contributed by atoms with Crippen molar-refractivity contribution in [3.05, 3.63) is 97.2 Å². The van der Waals surface area contributed by atoms with Crippen molar-refractivity contribution in [1.82, 2.24) is 24.7 Å². The number of ether oxygens (including phenoxy) is 1. The average molecular weight is 599 g/mol. The Morgan fingerprint density at radius 2 is 1.85 bits per heavy atom. The van der Waals surface area contributed by atoms with E-state index in [2.05, 4.69) is 25.7 Å². The largest absolute Gasteiger partial charge is 0.495 e. The zero-order chi connectivity index (χ0) is 28.4. The molecule has 5 aromatic rings. The van der Waals surface area contributed by atoms with Crippen molar-refractivity contribution >= 4 is 63.4 Å². The van der Waals surface area contributed by atoms with Crippen LogP contribution in [0.25, 0.3) is 16.7 Å². The van der Waals surface area contributed by atoms with Crippen LogP contribution in [0.15, 0.2) is 59.5 Å². The van der Waals surface area contributed by atoms with E-state index >= 15 is 0 Å². The number of hydrogen-bond acceptors (Lipinski definition) is 6. The predicted molar refractivity (Wildman–Crippen MR) is 157 cm³/mol. The fourth-order valence-corrected chi connectivity index (χ4v) is 5.19. The first-order chi connectivity index (χ1) is 19.3. The lowest BCUT2D eigenvalue weighted by Gasteiger charge is -2.13. The summed E-state index contributed by atoms with van der Waals surface area (Å²) in [6.07, 6.45) is 2.34. The number of benzene rings is 2. The molecule has 0 fully saturated rings. The smallest absolute Gasteiger partial charge is 0.324 e. The maximum absolute atomic E-state index is 13.2. The van der Waals surface area contributed by atoms with Crippen molar-refractivity contribution in [2.45, 2.75) is 19.8 Å². The Balaban J connectivity index is 1.47. The summed E-state index contributed by atoms with van der Waals surface area (Å²) in [7, 11) is 1.50. The second-order valence-corrected chi connectivity index (χ2v) is 9.90. The minimum absolute atomic E-state index is 0.261. The number of methoxy groups -OCH3 is 1. The molecule has 3 aromatic heterocycles. The molecule has 2 amide bonds. The number of rotatable bonds is 7. The number of carbonyl (C=O) groups is 1. The van der Waals surface area contributed by atoms with Crippen molar-refractivity contribution in [2.24, 2.45) is 0 Å². The highest BCUT2D eigenvalue weighted by atomic mass is 35.5. The van der Waals surface area contributed by atoms with Gasteiger partial charge in [0.1, 0.15) is 28.5 Å². The predicted octanol–water partition coefficient (Wildman–Crippen LogP) is 6.27. The lowest BCUT2D eigenvalue weighted by Crippen LogP contribution is -2.20. The number of pyridine rings is 1. The Hall–Kier alpha value is -4.12. The number of amides is 2. The van der Waals surface area contributed by atoms with Gasteiger partial charge in [0.25, 0.3) is 5.56 Å². The molecule has 0 spiro atoms. The summed E-state index contributed by atoms with van der Waals surface area (Å²) in [5.41, 5.74) is 2.15. The first-order valence-corrected chi connectivity index (χ1v) is 13.2. The molecule has 5 rings (SSSR count). The molecule has 0 radical (unpaired) electrons.